The van der Waals surface area contributed by atoms with Gasteiger partial charge in [-0.05, 0) is 4.92 Å². The van der Waals surface area contributed by atoms with Gasteiger partial charge < -0.3 is 24.7 Å². The third-order valence-electron chi connectivity index (χ3n) is 1.94. The van der Waals surface area contributed by atoms with E-state index in [1.807, 2.05) is 0 Å². The van der Waals surface area contributed by atoms with Crippen LogP contribution in [-0.2, 0) is 11.2 Å². The Kier molecular flexibility index (Phi) is 4.32. The monoisotopic (exact) mass is 296 g/mol. The highest BCUT2D eigenvalue weighted by Crippen LogP contribution is 2.34. The van der Waals surface area contributed by atoms with Crippen molar-refractivity contribution in [3.63, 3.8) is 0 Å². The molecular weight excluding hydrogens is 289 g/mol. The van der Waals surface area contributed by atoms with E-state index in [1.54, 1.807) is 0 Å². The Morgan fingerprint density at radius 2 is 2.15 bits per heavy atom. The van der Waals surface area contributed by atoms with E-state index in [1.165, 1.54) is 0 Å². The molecule has 1 heterocycles. The molecule has 0 aromatic carbocycles. The second-order valence-corrected chi connectivity index (χ2v) is 3.35. The lowest BCUT2D eigenvalue weighted by atomic mass is 10.2. The molecule has 0 spiro atoms. The SMILES string of the molecule is COc1nc([N+](=O)[O-])c(OC(F)(F)F)cc1CC(=O)O. The summed E-state index contributed by atoms with van der Waals surface area (Å²) in [5.41, 5.74) is -0.287. The molecule has 11 heteroatoms. The Labute approximate surface area is 108 Å². The molecule has 1 aromatic heterocycles. The third kappa shape index (κ3) is 3.96. The number of nitrogens with zero attached hydrogens (tertiary/aromatic N) is 2. The maximum Gasteiger partial charge on any atom is 0.573 e. The number of aromatic nitrogens is 1. The first-order valence-electron chi connectivity index (χ1n) is 4.84. The van der Waals surface area contributed by atoms with Crippen LogP contribution in [0.25, 0.3) is 0 Å². The number of pyridine rings is 1. The van der Waals surface area contributed by atoms with Gasteiger partial charge in [-0.25, -0.2) is 0 Å². The maximum atomic E-state index is 12.1. The average Bonchev–Trinajstić information content (AvgIpc) is 2.25. The molecular formula is C9H7F3N2O6. The first-order chi connectivity index (χ1) is 9.14. The molecule has 20 heavy (non-hydrogen) atoms. The van der Waals surface area contributed by atoms with Crippen LogP contribution in [0.3, 0.4) is 0 Å². The third-order valence-corrected chi connectivity index (χ3v) is 1.94. The number of hydrogen-bond donors (Lipinski definition) is 1. The van der Waals surface area contributed by atoms with Crippen LogP contribution in [0.1, 0.15) is 5.56 Å². The normalized spacial score (nSPS) is 11.0. The zero-order chi connectivity index (χ0) is 15.5. The van der Waals surface area contributed by atoms with Gasteiger partial charge >= 0.3 is 24.0 Å². The predicted octanol–water partition coefficient (Wildman–Crippen LogP) is 1.52. The maximum absolute atomic E-state index is 12.1. The number of hydrogen-bond acceptors (Lipinski definition) is 6. The van der Waals surface area contributed by atoms with E-state index >= 15 is 0 Å². The molecule has 1 N–H and O–H groups in total. The molecule has 1 rings (SSSR count). The summed E-state index contributed by atoms with van der Waals surface area (Å²) in [4.78, 5) is 23.2. The smallest absolute Gasteiger partial charge is 0.481 e. The zero-order valence-corrected chi connectivity index (χ0v) is 9.80. The molecule has 0 fully saturated rings. The first-order valence-corrected chi connectivity index (χ1v) is 4.84. The van der Waals surface area contributed by atoms with E-state index < -0.39 is 41.1 Å². The van der Waals surface area contributed by atoms with Crippen molar-refractivity contribution in [1.82, 2.24) is 4.98 Å². The summed E-state index contributed by atoms with van der Waals surface area (Å²) in [7, 11) is 1.04. The number of ether oxygens (including phenoxy) is 2. The Morgan fingerprint density at radius 1 is 1.55 bits per heavy atom. The number of halogens is 3. The molecule has 0 aliphatic carbocycles. The van der Waals surface area contributed by atoms with Gasteiger partial charge in [-0.3, -0.25) is 4.79 Å². The highest BCUT2D eigenvalue weighted by molar-refractivity contribution is 5.71. The number of carboxylic acid groups (broad SMARTS) is 1. The second kappa shape index (κ2) is 5.59. The van der Waals surface area contributed by atoms with Gasteiger partial charge in [-0.15, -0.1) is 13.2 Å². The fraction of sp³-hybridized carbons (Fsp3) is 0.333. The zero-order valence-electron chi connectivity index (χ0n) is 9.80. The van der Waals surface area contributed by atoms with Gasteiger partial charge in [0.1, 0.15) is 0 Å². The minimum Gasteiger partial charge on any atom is -0.481 e. The van der Waals surface area contributed by atoms with Crippen LogP contribution in [0.2, 0.25) is 0 Å². The molecule has 0 atom stereocenters. The fourth-order valence-corrected chi connectivity index (χ4v) is 1.30. The summed E-state index contributed by atoms with van der Waals surface area (Å²) in [5, 5.41) is 19.2. The Balaban J connectivity index is 3.38. The summed E-state index contributed by atoms with van der Waals surface area (Å²) in [6.07, 6.45) is -5.91. The van der Waals surface area contributed by atoms with Gasteiger partial charge in [0.2, 0.25) is 5.75 Å². The van der Waals surface area contributed by atoms with Crippen molar-refractivity contribution in [2.45, 2.75) is 12.8 Å². The van der Waals surface area contributed by atoms with E-state index in [2.05, 4.69) is 14.5 Å². The number of nitro groups is 1. The van der Waals surface area contributed by atoms with E-state index in [0.717, 1.165) is 7.11 Å². The predicted molar refractivity (Wildman–Crippen MR) is 55.5 cm³/mol. The van der Waals surface area contributed by atoms with Gasteiger partial charge in [0, 0.05) is 11.1 Å². The minimum absolute atomic E-state index is 0.287. The lowest BCUT2D eigenvalue weighted by Crippen LogP contribution is -2.19. The first kappa shape index (κ1) is 15.5. The lowest BCUT2D eigenvalue weighted by molar-refractivity contribution is -0.393. The topological polar surface area (TPSA) is 112 Å². The van der Waals surface area contributed by atoms with Crippen molar-refractivity contribution in [2.24, 2.45) is 0 Å². The number of methoxy groups -OCH3 is 1. The molecule has 0 saturated carbocycles. The largest absolute Gasteiger partial charge is 0.573 e. The summed E-state index contributed by atoms with van der Waals surface area (Å²) in [6.45, 7) is 0. The van der Waals surface area contributed by atoms with Crippen LogP contribution in [0.5, 0.6) is 11.6 Å². The van der Waals surface area contributed by atoms with E-state index in [4.69, 9.17) is 5.11 Å². The molecule has 0 unspecified atom stereocenters. The average molecular weight is 296 g/mol. The Hall–Kier alpha value is -2.59. The van der Waals surface area contributed by atoms with Gasteiger partial charge in [0.25, 0.3) is 0 Å². The van der Waals surface area contributed by atoms with Crippen molar-refractivity contribution >= 4 is 11.8 Å². The standard InChI is InChI=1S/C9H7F3N2O6/c1-19-8-4(3-6(15)16)2-5(20-9(10,11)12)7(13-8)14(17)18/h2H,3H2,1H3,(H,15,16). The van der Waals surface area contributed by atoms with Crippen molar-refractivity contribution < 1.29 is 37.5 Å². The molecule has 0 aliphatic rings. The molecule has 0 aliphatic heterocycles. The highest BCUT2D eigenvalue weighted by Gasteiger charge is 2.36. The molecule has 110 valence electrons. The van der Waals surface area contributed by atoms with Crippen LogP contribution in [0.4, 0.5) is 19.0 Å². The van der Waals surface area contributed by atoms with Gasteiger partial charge in [0.05, 0.1) is 19.1 Å². The van der Waals surface area contributed by atoms with Crippen LogP contribution in [0, 0.1) is 10.1 Å². The summed E-state index contributed by atoms with van der Waals surface area (Å²) < 4.78 is 44.5. The summed E-state index contributed by atoms with van der Waals surface area (Å²) in [6, 6.07) is 0.561. The van der Waals surface area contributed by atoms with Crippen molar-refractivity contribution in [3.05, 3.63) is 21.7 Å². The summed E-state index contributed by atoms with van der Waals surface area (Å²) >= 11 is 0. The van der Waals surface area contributed by atoms with Crippen molar-refractivity contribution in [3.8, 4) is 11.6 Å². The van der Waals surface area contributed by atoms with Crippen LogP contribution < -0.4 is 9.47 Å². The molecule has 0 radical (unpaired) electrons. The van der Waals surface area contributed by atoms with Gasteiger partial charge in [-0.1, -0.05) is 0 Å². The van der Waals surface area contributed by atoms with Crippen LogP contribution in [0.15, 0.2) is 6.07 Å². The number of rotatable bonds is 5. The number of aliphatic carboxylic acids is 1. The van der Waals surface area contributed by atoms with E-state index in [9.17, 15) is 28.1 Å². The highest BCUT2D eigenvalue weighted by atomic mass is 19.4. The van der Waals surface area contributed by atoms with Crippen molar-refractivity contribution in [2.75, 3.05) is 7.11 Å². The fourth-order valence-electron chi connectivity index (χ4n) is 1.30. The van der Waals surface area contributed by atoms with Gasteiger partial charge in [-0.2, -0.15) is 0 Å². The molecule has 1 aromatic rings. The second-order valence-electron chi connectivity index (χ2n) is 3.35. The van der Waals surface area contributed by atoms with E-state index in [0.29, 0.717) is 6.07 Å². The van der Waals surface area contributed by atoms with Gasteiger partial charge in [0.15, 0.2) is 0 Å². The lowest BCUT2D eigenvalue weighted by Gasteiger charge is -2.10. The van der Waals surface area contributed by atoms with Crippen molar-refractivity contribution in [1.29, 1.82) is 0 Å². The molecule has 0 amide bonds. The molecule has 8 nitrogen and oxygen atoms in total. The number of carboxylic acids is 1. The Bertz CT molecular complexity index is 545. The number of carbonyl (C=O) groups is 1. The van der Waals surface area contributed by atoms with E-state index in [-0.39, 0.29) is 5.56 Å². The summed E-state index contributed by atoms with van der Waals surface area (Å²) in [5.74, 6) is -4.28. The van der Waals surface area contributed by atoms with Crippen LogP contribution >= 0.6 is 0 Å². The quantitative estimate of drug-likeness (QED) is 0.647. The minimum atomic E-state index is -5.18. The molecule has 0 bridgehead atoms. The van der Waals surface area contributed by atoms with Crippen LogP contribution in [-0.4, -0.2) is 34.5 Å². The number of alkyl halides is 3. The Morgan fingerprint density at radius 3 is 2.55 bits per heavy atom. The molecule has 0 saturated heterocycles.